The summed E-state index contributed by atoms with van der Waals surface area (Å²) in [4.78, 5) is 27.9. The number of hydrogen-bond donors (Lipinski definition) is 13. The van der Waals surface area contributed by atoms with E-state index in [0.717, 1.165) is 6.42 Å². The van der Waals surface area contributed by atoms with Crippen molar-refractivity contribution < 1.29 is 119 Å². The largest absolute Gasteiger partial charge is 0.464 e. The second-order valence-electron chi connectivity index (χ2n) is 26.6. The van der Waals surface area contributed by atoms with Gasteiger partial charge >= 0.3 is 11.9 Å². The van der Waals surface area contributed by atoms with E-state index in [0.29, 0.717) is 57.8 Å². The van der Waals surface area contributed by atoms with Crippen molar-refractivity contribution in [1.29, 1.82) is 0 Å². The Hall–Kier alpha value is -2.12. The maximum atomic E-state index is 15.2. The summed E-state index contributed by atoms with van der Waals surface area (Å²) in [7, 11) is 0. The Bertz CT molecular complexity index is 2240. The highest BCUT2D eigenvalue weighted by Crippen LogP contribution is 2.76. The van der Waals surface area contributed by atoms with Gasteiger partial charge in [-0.25, -0.2) is 4.79 Å². The lowest BCUT2D eigenvalue weighted by atomic mass is 9.33. The molecule has 29 atom stereocenters. The van der Waals surface area contributed by atoms with Crippen molar-refractivity contribution >= 4 is 11.9 Å². The summed E-state index contributed by atoms with van der Waals surface area (Å²) in [6.45, 7) is 14.7. The minimum absolute atomic E-state index is 0.00498. The molecule has 0 aromatic carbocycles. The van der Waals surface area contributed by atoms with Crippen molar-refractivity contribution in [3.8, 4) is 0 Å². The van der Waals surface area contributed by atoms with E-state index in [4.69, 9.17) is 42.6 Å². The van der Waals surface area contributed by atoms with Crippen LogP contribution in [-0.2, 0) is 52.2 Å². The van der Waals surface area contributed by atoms with Crippen LogP contribution in [-0.4, -0.2) is 234 Å². The molecule has 0 amide bonds. The van der Waals surface area contributed by atoms with Gasteiger partial charge in [0, 0.05) is 5.41 Å². The number of aliphatic hydroxyl groups is 13. The molecule has 0 aromatic heterocycles. The number of esters is 2. The SMILES string of the molecule is CCOC(=O)[C@H]1O[C@@H](O[C@H]2CC[C@@]3(C)[C@@H](CC[C@]4(C)[C@@H]3CC=C3[C@@H]5CC(C)(C)CC[C@]5(C(=O)O[C@H]5O[C@H](CO[C@H]6O[C@H](CO)[C@@H](O[C@H]7O[C@@H](C)[C@H](O)[C@@H](O)[C@H]7O)[C@H](O)[C@H]6O)[C@@H](O)[C@H](O)[C@H]5O)CC[C@]34C)[C@]2(C)CO)[C@H](O)[C@@H](O)[C@@H]1O. The molecule has 8 fully saturated rings. The quantitative estimate of drug-likeness (QED) is 0.0569. The molecule has 4 heterocycles. The second-order valence-corrected chi connectivity index (χ2v) is 26.6. The van der Waals surface area contributed by atoms with Crippen LogP contribution in [0.5, 0.6) is 0 Å². The lowest BCUT2D eigenvalue weighted by Crippen LogP contribution is -2.67. The van der Waals surface area contributed by atoms with E-state index in [1.165, 1.54) is 12.5 Å². The van der Waals surface area contributed by atoms with Gasteiger partial charge in [0.15, 0.2) is 25.0 Å². The summed E-state index contributed by atoms with van der Waals surface area (Å²) in [6.07, 6.45) is -25.1. The van der Waals surface area contributed by atoms with Gasteiger partial charge < -0.3 is 109 Å². The highest BCUT2D eigenvalue weighted by Gasteiger charge is 2.71. The third-order valence-corrected chi connectivity index (χ3v) is 21.8. The van der Waals surface area contributed by atoms with Gasteiger partial charge in [0.1, 0.15) is 85.5 Å². The van der Waals surface area contributed by atoms with Gasteiger partial charge in [-0.05, 0) is 117 Å². The Morgan fingerprint density at radius 2 is 1.24 bits per heavy atom. The lowest BCUT2D eigenvalue weighted by molar-refractivity contribution is -0.361. The standard InChI is InChI=1S/C56H90O24/c1-9-72-45(70)44-37(64)36(63)41(68)49(79-44)77-31-13-14-52(5)29(53(31,6)23-58)12-15-55(8)30(52)11-10-25-26-20-51(3,4)16-18-56(26,19-17-54(25,55)7)50(71)80-48-40(67)35(62)33(60)28(76-48)22-73-46-42(69)38(65)43(27(21-57)75-46)78-47-39(66)34(61)32(59)24(2)74-47/h10,24,26-44,46-49,57-69H,9,11-23H2,1-8H3/t24-,26-,27+,28+,29+,30+,31-,32-,33+,34+,35-,36-,37-,38+,39+,40+,41+,42+,43+,44-,46-,47+,48+,49+,52-,53-,54+,55+,56-/m0/s1. The van der Waals surface area contributed by atoms with Crippen LogP contribution in [0.25, 0.3) is 0 Å². The van der Waals surface area contributed by atoms with Crippen molar-refractivity contribution in [2.75, 3.05) is 26.4 Å². The molecule has 13 N–H and O–H groups in total. The van der Waals surface area contributed by atoms with Gasteiger partial charge in [-0.15, -0.1) is 0 Å². The van der Waals surface area contributed by atoms with Crippen LogP contribution in [0.1, 0.15) is 120 Å². The molecule has 4 aliphatic heterocycles. The zero-order chi connectivity index (χ0) is 58.6. The van der Waals surface area contributed by atoms with E-state index in [9.17, 15) is 71.2 Å². The minimum Gasteiger partial charge on any atom is -0.464 e. The number of carbonyl (C=O) groups is 2. The molecule has 9 rings (SSSR count). The number of allylic oxidation sites excluding steroid dienone is 2. The number of fused-ring (bicyclic) bond motifs is 7. The van der Waals surface area contributed by atoms with E-state index in [1.54, 1.807) is 6.92 Å². The number of ether oxygens (including phenoxy) is 9. The Labute approximate surface area is 466 Å². The first-order valence-electron chi connectivity index (χ1n) is 28.8. The third-order valence-electron chi connectivity index (χ3n) is 21.8. The van der Waals surface area contributed by atoms with E-state index >= 15 is 4.79 Å². The minimum atomic E-state index is -1.89. The van der Waals surface area contributed by atoms with Crippen molar-refractivity contribution in [1.82, 2.24) is 0 Å². The summed E-state index contributed by atoms with van der Waals surface area (Å²) in [5, 5.41) is 141. The average Bonchev–Trinajstić information content (AvgIpc) is 2.17. The summed E-state index contributed by atoms with van der Waals surface area (Å²) >= 11 is 0. The van der Waals surface area contributed by atoms with Gasteiger partial charge in [0.25, 0.3) is 0 Å². The number of rotatable bonds is 13. The average molecular weight is 1150 g/mol. The maximum Gasteiger partial charge on any atom is 0.338 e. The van der Waals surface area contributed by atoms with Crippen molar-refractivity contribution in [2.24, 2.45) is 50.2 Å². The predicted octanol–water partition coefficient (Wildman–Crippen LogP) is -1.46. The van der Waals surface area contributed by atoms with Gasteiger partial charge in [0.2, 0.25) is 6.29 Å². The fourth-order valence-corrected chi connectivity index (χ4v) is 16.6. The molecule has 24 nitrogen and oxygen atoms in total. The zero-order valence-corrected chi connectivity index (χ0v) is 47.1. The smallest absolute Gasteiger partial charge is 0.338 e. The van der Waals surface area contributed by atoms with Crippen LogP contribution in [0.15, 0.2) is 11.6 Å². The molecule has 0 unspecified atom stereocenters. The molecule has 9 aliphatic rings. The van der Waals surface area contributed by atoms with Crippen LogP contribution in [0.2, 0.25) is 0 Å². The molecule has 4 saturated carbocycles. The molecule has 0 radical (unpaired) electrons. The summed E-state index contributed by atoms with van der Waals surface area (Å²) in [6, 6.07) is 0. The van der Waals surface area contributed by atoms with Crippen LogP contribution in [0.4, 0.5) is 0 Å². The summed E-state index contributed by atoms with van der Waals surface area (Å²) in [5.41, 5.74) is -1.91. The number of aliphatic hydroxyl groups excluding tert-OH is 13. The van der Waals surface area contributed by atoms with Crippen LogP contribution >= 0.6 is 0 Å². The molecular formula is C56H90O24. The van der Waals surface area contributed by atoms with E-state index in [1.807, 2.05) is 6.92 Å². The second kappa shape index (κ2) is 23.0. The normalized spacial score (nSPS) is 53.0. The molecule has 24 heteroatoms. The lowest BCUT2D eigenvalue weighted by Gasteiger charge is -2.71. The molecule has 0 bridgehead atoms. The van der Waals surface area contributed by atoms with E-state index in [-0.39, 0.29) is 47.2 Å². The van der Waals surface area contributed by atoms with Crippen LogP contribution in [0, 0.1) is 50.2 Å². The number of hydrogen-bond acceptors (Lipinski definition) is 24. The van der Waals surface area contributed by atoms with E-state index < -0.39 is 170 Å². The highest BCUT2D eigenvalue weighted by molar-refractivity contribution is 5.79. The predicted molar refractivity (Wildman–Crippen MR) is 272 cm³/mol. The molecule has 4 saturated heterocycles. The third kappa shape index (κ3) is 10.2. The van der Waals surface area contributed by atoms with Gasteiger partial charge in [-0.3, -0.25) is 4.79 Å². The molecule has 0 spiro atoms. The Kier molecular flexibility index (Phi) is 17.9. The highest BCUT2D eigenvalue weighted by atomic mass is 16.8. The monoisotopic (exact) mass is 1150 g/mol. The summed E-state index contributed by atoms with van der Waals surface area (Å²) in [5.74, 6) is -1.75. The Morgan fingerprint density at radius 1 is 0.625 bits per heavy atom. The summed E-state index contributed by atoms with van der Waals surface area (Å²) < 4.78 is 52.2. The van der Waals surface area contributed by atoms with Gasteiger partial charge in [0.05, 0.1) is 44.1 Å². The van der Waals surface area contributed by atoms with Crippen LogP contribution in [0.3, 0.4) is 0 Å². The molecular weight excluding hydrogens is 1060 g/mol. The Morgan fingerprint density at radius 3 is 1.90 bits per heavy atom. The Balaban J connectivity index is 0.898. The van der Waals surface area contributed by atoms with Gasteiger partial charge in [-0.1, -0.05) is 53.2 Å². The molecule has 458 valence electrons. The zero-order valence-electron chi connectivity index (χ0n) is 47.1. The first-order valence-corrected chi connectivity index (χ1v) is 28.8. The first kappa shape index (κ1) is 62.4. The molecule has 5 aliphatic carbocycles. The topological polar surface area (TPSA) is 380 Å². The maximum absolute atomic E-state index is 15.2. The molecule has 80 heavy (non-hydrogen) atoms. The first-order chi connectivity index (χ1) is 37.5. The van der Waals surface area contributed by atoms with Crippen LogP contribution < -0.4 is 0 Å². The fraction of sp³-hybridized carbons (Fsp3) is 0.929. The van der Waals surface area contributed by atoms with Crippen molar-refractivity contribution in [2.45, 2.75) is 249 Å². The molecule has 0 aromatic rings. The van der Waals surface area contributed by atoms with Crippen molar-refractivity contribution in [3.63, 3.8) is 0 Å². The van der Waals surface area contributed by atoms with E-state index in [2.05, 4.69) is 40.7 Å². The fourth-order valence-electron chi connectivity index (χ4n) is 16.6. The number of carbonyl (C=O) groups excluding carboxylic acids is 2. The van der Waals surface area contributed by atoms with Crippen molar-refractivity contribution in [3.05, 3.63) is 11.6 Å². The van der Waals surface area contributed by atoms with Gasteiger partial charge in [-0.2, -0.15) is 0 Å².